The van der Waals surface area contributed by atoms with Gasteiger partial charge in [-0.1, -0.05) is 47.5 Å². The molecule has 0 N–H and O–H groups in total. The third-order valence-electron chi connectivity index (χ3n) is 2.34. The van der Waals surface area contributed by atoms with Crippen molar-refractivity contribution in [2.24, 2.45) is 4.99 Å². The van der Waals surface area contributed by atoms with Gasteiger partial charge in [-0.25, -0.2) is 4.98 Å². The Morgan fingerprint density at radius 1 is 1.29 bits per heavy atom. The maximum absolute atomic E-state index is 5.71. The first-order chi connectivity index (χ1) is 8.24. The molecule has 0 amide bonds. The summed E-state index contributed by atoms with van der Waals surface area (Å²) in [5, 5.41) is 0.511. The SMILES string of the molecule is Cc1cccc(C=NCc2ccc(Cl)nc2)c1. The van der Waals surface area contributed by atoms with Gasteiger partial charge in [0, 0.05) is 12.4 Å². The van der Waals surface area contributed by atoms with E-state index in [-0.39, 0.29) is 0 Å². The maximum atomic E-state index is 5.71. The average Bonchev–Trinajstić information content (AvgIpc) is 2.32. The van der Waals surface area contributed by atoms with Gasteiger partial charge in [0.15, 0.2) is 0 Å². The number of hydrogen-bond acceptors (Lipinski definition) is 2. The second-order valence-corrected chi connectivity index (χ2v) is 4.26. The lowest BCUT2D eigenvalue weighted by Gasteiger charge is -1.97. The standard InChI is InChI=1S/C14H13ClN2/c1-11-3-2-4-12(7-11)8-16-9-13-5-6-14(15)17-10-13/h2-8,10H,9H2,1H3. The molecule has 17 heavy (non-hydrogen) atoms. The first kappa shape index (κ1) is 11.8. The number of halogens is 1. The van der Waals surface area contributed by atoms with Crippen LogP contribution in [0.5, 0.6) is 0 Å². The number of aryl methyl sites for hydroxylation is 1. The quantitative estimate of drug-likeness (QED) is 0.598. The summed E-state index contributed by atoms with van der Waals surface area (Å²) in [6, 6.07) is 11.9. The third kappa shape index (κ3) is 3.68. The molecule has 0 atom stereocenters. The van der Waals surface area contributed by atoms with Crippen LogP contribution in [0.1, 0.15) is 16.7 Å². The molecule has 2 rings (SSSR count). The zero-order valence-corrected chi connectivity index (χ0v) is 10.4. The van der Waals surface area contributed by atoms with E-state index in [9.17, 15) is 0 Å². The van der Waals surface area contributed by atoms with Crippen molar-refractivity contribution in [2.45, 2.75) is 13.5 Å². The van der Waals surface area contributed by atoms with Crippen molar-refractivity contribution >= 4 is 17.8 Å². The molecule has 2 nitrogen and oxygen atoms in total. The summed E-state index contributed by atoms with van der Waals surface area (Å²) < 4.78 is 0. The van der Waals surface area contributed by atoms with Gasteiger partial charge in [0.2, 0.25) is 0 Å². The van der Waals surface area contributed by atoms with Crippen molar-refractivity contribution < 1.29 is 0 Å². The summed E-state index contributed by atoms with van der Waals surface area (Å²) >= 11 is 5.71. The fraction of sp³-hybridized carbons (Fsp3) is 0.143. The summed E-state index contributed by atoms with van der Waals surface area (Å²) in [6.07, 6.45) is 3.62. The molecule has 0 fully saturated rings. The Morgan fingerprint density at radius 3 is 2.88 bits per heavy atom. The molecular weight excluding hydrogens is 232 g/mol. The fourth-order valence-electron chi connectivity index (χ4n) is 1.51. The Morgan fingerprint density at radius 2 is 2.18 bits per heavy atom. The minimum absolute atomic E-state index is 0.511. The number of pyridine rings is 1. The molecule has 1 heterocycles. The summed E-state index contributed by atoms with van der Waals surface area (Å²) in [7, 11) is 0. The second kappa shape index (κ2) is 5.60. The van der Waals surface area contributed by atoms with Crippen LogP contribution in [0.15, 0.2) is 47.6 Å². The summed E-state index contributed by atoms with van der Waals surface area (Å²) in [6.45, 7) is 2.69. The Kier molecular flexibility index (Phi) is 3.89. The van der Waals surface area contributed by atoms with Gasteiger partial charge < -0.3 is 0 Å². The van der Waals surface area contributed by atoms with E-state index in [2.05, 4.69) is 29.0 Å². The monoisotopic (exact) mass is 244 g/mol. The number of hydrogen-bond donors (Lipinski definition) is 0. The van der Waals surface area contributed by atoms with E-state index in [1.54, 1.807) is 12.3 Å². The van der Waals surface area contributed by atoms with Gasteiger partial charge in [0.1, 0.15) is 5.15 Å². The molecule has 0 saturated heterocycles. The molecule has 0 unspecified atom stereocenters. The molecule has 3 heteroatoms. The van der Waals surface area contributed by atoms with Crippen molar-refractivity contribution in [2.75, 3.05) is 0 Å². The highest BCUT2D eigenvalue weighted by molar-refractivity contribution is 6.29. The maximum Gasteiger partial charge on any atom is 0.129 e. The largest absolute Gasteiger partial charge is 0.288 e. The van der Waals surface area contributed by atoms with Crippen LogP contribution in [0.2, 0.25) is 5.15 Å². The van der Waals surface area contributed by atoms with E-state index in [1.165, 1.54) is 5.56 Å². The molecule has 0 aliphatic rings. The minimum atomic E-state index is 0.511. The van der Waals surface area contributed by atoms with Gasteiger partial charge in [-0.15, -0.1) is 0 Å². The molecule has 2 aromatic rings. The summed E-state index contributed by atoms with van der Waals surface area (Å²) in [5.41, 5.74) is 3.41. The summed E-state index contributed by atoms with van der Waals surface area (Å²) in [4.78, 5) is 8.38. The van der Waals surface area contributed by atoms with E-state index in [0.29, 0.717) is 11.7 Å². The van der Waals surface area contributed by atoms with E-state index in [4.69, 9.17) is 11.6 Å². The van der Waals surface area contributed by atoms with Crippen molar-refractivity contribution in [1.82, 2.24) is 4.98 Å². The third-order valence-corrected chi connectivity index (χ3v) is 2.57. The molecule has 0 bridgehead atoms. The highest BCUT2D eigenvalue weighted by Crippen LogP contribution is 2.06. The van der Waals surface area contributed by atoms with Gasteiger partial charge >= 0.3 is 0 Å². The van der Waals surface area contributed by atoms with Crippen LogP contribution in [0.25, 0.3) is 0 Å². The zero-order chi connectivity index (χ0) is 12.1. The van der Waals surface area contributed by atoms with E-state index >= 15 is 0 Å². The summed E-state index contributed by atoms with van der Waals surface area (Å²) in [5.74, 6) is 0. The Labute approximate surface area is 106 Å². The first-order valence-electron chi connectivity index (χ1n) is 5.41. The highest BCUT2D eigenvalue weighted by atomic mass is 35.5. The molecule has 0 aliphatic carbocycles. The lowest BCUT2D eigenvalue weighted by Crippen LogP contribution is -1.86. The van der Waals surface area contributed by atoms with E-state index in [0.717, 1.165) is 11.1 Å². The number of aliphatic imine (C=N–C) groups is 1. The van der Waals surface area contributed by atoms with Crippen LogP contribution >= 0.6 is 11.6 Å². The van der Waals surface area contributed by atoms with Crippen LogP contribution in [-0.2, 0) is 6.54 Å². The second-order valence-electron chi connectivity index (χ2n) is 3.87. The van der Waals surface area contributed by atoms with Crippen LogP contribution in [0.3, 0.4) is 0 Å². The van der Waals surface area contributed by atoms with Crippen molar-refractivity contribution in [1.29, 1.82) is 0 Å². The molecule has 0 aliphatic heterocycles. The normalized spacial score (nSPS) is 10.9. The smallest absolute Gasteiger partial charge is 0.129 e. The Balaban J connectivity index is 2.00. The topological polar surface area (TPSA) is 25.2 Å². The number of aromatic nitrogens is 1. The molecule has 1 aromatic carbocycles. The van der Waals surface area contributed by atoms with Crippen molar-refractivity contribution in [3.05, 3.63) is 64.4 Å². The van der Waals surface area contributed by atoms with Gasteiger partial charge in [0.05, 0.1) is 6.54 Å². The van der Waals surface area contributed by atoms with Gasteiger partial charge in [0.25, 0.3) is 0 Å². The Hall–Kier alpha value is -1.67. The molecule has 0 spiro atoms. The number of benzene rings is 1. The lowest BCUT2D eigenvalue weighted by atomic mass is 10.1. The van der Waals surface area contributed by atoms with Gasteiger partial charge in [-0.2, -0.15) is 0 Å². The lowest BCUT2D eigenvalue weighted by molar-refractivity contribution is 1.05. The molecule has 1 aromatic heterocycles. The minimum Gasteiger partial charge on any atom is -0.288 e. The predicted octanol–water partition coefficient (Wildman–Crippen LogP) is 3.66. The van der Waals surface area contributed by atoms with Crippen molar-refractivity contribution in [3.63, 3.8) is 0 Å². The number of nitrogens with zero attached hydrogens (tertiary/aromatic N) is 2. The van der Waals surface area contributed by atoms with E-state index < -0.39 is 0 Å². The van der Waals surface area contributed by atoms with Crippen LogP contribution in [-0.4, -0.2) is 11.2 Å². The molecule has 0 radical (unpaired) electrons. The average molecular weight is 245 g/mol. The van der Waals surface area contributed by atoms with Crippen molar-refractivity contribution in [3.8, 4) is 0 Å². The first-order valence-corrected chi connectivity index (χ1v) is 5.79. The van der Waals surface area contributed by atoms with Crippen LogP contribution in [0.4, 0.5) is 0 Å². The molecule has 86 valence electrons. The zero-order valence-electron chi connectivity index (χ0n) is 9.60. The van der Waals surface area contributed by atoms with Crippen LogP contribution in [0, 0.1) is 6.92 Å². The fourth-order valence-corrected chi connectivity index (χ4v) is 1.62. The molecule has 0 saturated carbocycles. The van der Waals surface area contributed by atoms with Gasteiger partial charge in [-0.3, -0.25) is 4.99 Å². The Bertz CT molecular complexity index is 518. The molecular formula is C14H13ClN2. The number of rotatable bonds is 3. The van der Waals surface area contributed by atoms with E-state index in [1.807, 2.05) is 24.4 Å². The highest BCUT2D eigenvalue weighted by Gasteiger charge is 1.92. The van der Waals surface area contributed by atoms with Crippen LogP contribution < -0.4 is 0 Å². The van der Waals surface area contributed by atoms with Gasteiger partial charge in [-0.05, 0) is 24.1 Å². The predicted molar refractivity (Wildman–Crippen MR) is 71.7 cm³/mol.